The van der Waals surface area contributed by atoms with Crippen LogP contribution in [0.2, 0.25) is 0 Å². The zero-order valence-corrected chi connectivity index (χ0v) is 22.9. The van der Waals surface area contributed by atoms with Crippen molar-refractivity contribution in [3.8, 4) is 17.2 Å². The summed E-state index contributed by atoms with van der Waals surface area (Å²) in [4.78, 5) is 25.9. The summed E-state index contributed by atoms with van der Waals surface area (Å²) < 4.78 is 11.7. The first-order chi connectivity index (χ1) is 17.9. The number of hydrogen-bond donors (Lipinski definition) is 0. The van der Waals surface area contributed by atoms with Crippen LogP contribution in [-0.2, 0) is 5.41 Å². The number of hydrogen-bond acceptors (Lipinski definition) is 4. The van der Waals surface area contributed by atoms with E-state index in [4.69, 9.17) is 9.47 Å². The van der Waals surface area contributed by atoms with Crippen LogP contribution in [-0.4, -0.2) is 17.2 Å². The molecule has 4 aromatic rings. The van der Waals surface area contributed by atoms with Gasteiger partial charge in [-0.2, -0.15) is 0 Å². The molecule has 0 bridgehead atoms. The van der Waals surface area contributed by atoms with Crippen molar-refractivity contribution in [2.45, 2.75) is 52.6 Å². The van der Waals surface area contributed by atoms with E-state index in [9.17, 15) is 9.59 Å². The minimum atomic E-state index is -0.265. The summed E-state index contributed by atoms with van der Waals surface area (Å²) in [6, 6.07) is 29.0. The Kier molecular flexibility index (Phi) is 7.54. The van der Waals surface area contributed by atoms with E-state index in [0.29, 0.717) is 33.8 Å². The molecule has 4 rings (SSSR count). The van der Waals surface area contributed by atoms with Crippen molar-refractivity contribution in [1.82, 2.24) is 0 Å². The van der Waals surface area contributed by atoms with Crippen molar-refractivity contribution >= 4 is 11.6 Å². The maximum absolute atomic E-state index is 13.0. The zero-order chi connectivity index (χ0) is 27.5. The van der Waals surface area contributed by atoms with E-state index < -0.39 is 0 Å². The lowest BCUT2D eigenvalue weighted by Gasteiger charge is -2.21. The number of rotatable bonds is 7. The minimum absolute atomic E-state index is 0.0286. The summed E-state index contributed by atoms with van der Waals surface area (Å²) in [5.41, 5.74) is 3.18. The molecule has 194 valence electrons. The molecule has 0 N–H and O–H groups in total. The van der Waals surface area contributed by atoms with Crippen LogP contribution in [0.1, 0.15) is 78.9 Å². The van der Waals surface area contributed by atoms with Gasteiger partial charge in [-0.3, -0.25) is 9.59 Å². The van der Waals surface area contributed by atoms with Gasteiger partial charge in [-0.15, -0.1) is 0 Å². The molecule has 0 aromatic heterocycles. The van der Waals surface area contributed by atoms with E-state index in [1.807, 2.05) is 69.3 Å². The largest absolute Gasteiger partial charge is 0.488 e. The maximum atomic E-state index is 13.0. The molecule has 4 heteroatoms. The van der Waals surface area contributed by atoms with Crippen LogP contribution in [0.3, 0.4) is 0 Å². The van der Waals surface area contributed by atoms with Crippen molar-refractivity contribution in [2.24, 2.45) is 0 Å². The van der Waals surface area contributed by atoms with E-state index in [-0.39, 0.29) is 22.6 Å². The second kappa shape index (κ2) is 10.7. The molecular weight excluding hydrogens is 472 g/mol. The van der Waals surface area contributed by atoms with Gasteiger partial charge >= 0.3 is 0 Å². The molecule has 0 saturated heterocycles. The van der Waals surface area contributed by atoms with Crippen molar-refractivity contribution < 1.29 is 19.1 Å². The molecule has 0 spiro atoms. The van der Waals surface area contributed by atoms with Gasteiger partial charge in [-0.05, 0) is 80.3 Å². The fourth-order valence-electron chi connectivity index (χ4n) is 3.97. The first-order valence-electron chi connectivity index (χ1n) is 12.8. The number of ether oxygens (including phenoxy) is 2. The summed E-state index contributed by atoms with van der Waals surface area (Å²) in [6.45, 7) is 12.4. The van der Waals surface area contributed by atoms with Gasteiger partial charge in [0.1, 0.15) is 22.8 Å². The minimum Gasteiger partial charge on any atom is -0.488 e. The highest BCUT2D eigenvalue weighted by molar-refractivity contribution is 6.11. The average Bonchev–Trinajstić information content (AvgIpc) is 2.88. The van der Waals surface area contributed by atoms with Gasteiger partial charge in [0.2, 0.25) is 0 Å². The number of carbonyl (C=O) groups is 2. The summed E-state index contributed by atoms with van der Waals surface area (Å²) in [5.74, 6) is 1.90. The standard InChI is InChI=1S/C34H34O4/c1-33(2,3)27-15-11-25(12-16-27)31(35)23-7-9-24(10-8-23)32(36)26-13-17-28(18-14-26)37-29-19-21-30(22-20-29)38-34(4,5)6/h7-22H,1-6H3. The Balaban J connectivity index is 1.40. The Labute approximate surface area is 225 Å². The topological polar surface area (TPSA) is 52.6 Å². The van der Waals surface area contributed by atoms with Crippen molar-refractivity contribution in [3.63, 3.8) is 0 Å². The second-order valence-corrected chi connectivity index (χ2v) is 11.4. The molecule has 0 heterocycles. The summed E-state index contributed by atoms with van der Waals surface area (Å²) in [7, 11) is 0. The number of ketones is 2. The van der Waals surface area contributed by atoms with E-state index in [0.717, 1.165) is 5.75 Å². The van der Waals surface area contributed by atoms with Gasteiger partial charge < -0.3 is 9.47 Å². The van der Waals surface area contributed by atoms with Crippen LogP contribution in [0.25, 0.3) is 0 Å². The molecule has 0 saturated carbocycles. The first-order valence-corrected chi connectivity index (χ1v) is 12.8. The fraction of sp³-hybridized carbons (Fsp3) is 0.235. The molecule has 4 nitrogen and oxygen atoms in total. The SMILES string of the molecule is CC(C)(C)Oc1ccc(Oc2ccc(C(=O)c3ccc(C(=O)c4ccc(C(C)(C)C)cc4)cc3)cc2)cc1. The van der Waals surface area contributed by atoms with E-state index in [1.165, 1.54) is 5.56 Å². The molecule has 0 radical (unpaired) electrons. The quantitative estimate of drug-likeness (QED) is 0.236. The lowest BCUT2D eigenvalue weighted by atomic mass is 9.86. The molecule has 0 aliphatic rings. The average molecular weight is 507 g/mol. The normalized spacial score (nSPS) is 11.6. The van der Waals surface area contributed by atoms with Gasteiger partial charge in [0.25, 0.3) is 0 Å². The van der Waals surface area contributed by atoms with Crippen LogP contribution >= 0.6 is 0 Å². The lowest BCUT2D eigenvalue weighted by Crippen LogP contribution is -2.22. The lowest BCUT2D eigenvalue weighted by molar-refractivity contribution is 0.102. The van der Waals surface area contributed by atoms with Gasteiger partial charge in [-0.1, -0.05) is 69.3 Å². The van der Waals surface area contributed by atoms with Crippen LogP contribution in [0, 0.1) is 0 Å². The molecule has 4 aromatic carbocycles. The molecule has 0 aliphatic heterocycles. The maximum Gasteiger partial charge on any atom is 0.193 e. The molecule has 38 heavy (non-hydrogen) atoms. The van der Waals surface area contributed by atoms with E-state index >= 15 is 0 Å². The highest BCUT2D eigenvalue weighted by Crippen LogP contribution is 2.27. The molecule has 0 aliphatic carbocycles. The third kappa shape index (κ3) is 6.77. The van der Waals surface area contributed by atoms with Gasteiger partial charge in [-0.25, -0.2) is 0 Å². The summed E-state index contributed by atoms with van der Waals surface area (Å²) in [5, 5.41) is 0. The van der Waals surface area contributed by atoms with Gasteiger partial charge in [0, 0.05) is 22.3 Å². The summed E-state index contributed by atoms with van der Waals surface area (Å²) >= 11 is 0. The Hall–Kier alpha value is -4.18. The predicted octanol–water partition coefficient (Wildman–Crippen LogP) is 8.42. The van der Waals surface area contributed by atoms with E-state index in [1.54, 1.807) is 48.5 Å². The Bertz CT molecular complexity index is 1400. The predicted molar refractivity (Wildman–Crippen MR) is 152 cm³/mol. The van der Waals surface area contributed by atoms with Gasteiger partial charge in [0.15, 0.2) is 11.6 Å². The number of benzene rings is 4. The molecule has 0 amide bonds. The smallest absolute Gasteiger partial charge is 0.193 e. The van der Waals surface area contributed by atoms with Gasteiger partial charge in [0.05, 0.1) is 0 Å². The molecule has 0 atom stereocenters. The third-order valence-corrected chi connectivity index (χ3v) is 6.02. The van der Waals surface area contributed by atoms with Crippen molar-refractivity contribution in [3.05, 3.63) is 125 Å². The van der Waals surface area contributed by atoms with E-state index in [2.05, 4.69) is 20.8 Å². The zero-order valence-electron chi connectivity index (χ0n) is 22.9. The number of carbonyl (C=O) groups excluding carboxylic acids is 2. The monoisotopic (exact) mass is 506 g/mol. The third-order valence-electron chi connectivity index (χ3n) is 6.02. The summed E-state index contributed by atoms with van der Waals surface area (Å²) in [6.07, 6.45) is 0. The Morgan fingerprint density at radius 3 is 1.16 bits per heavy atom. The fourth-order valence-corrected chi connectivity index (χ4v) is 3.97. The van der Waals surface area contributed by atoms with Crippen LogP contribution in [0.4, 0.5) is 0 Å². The van der Waals surface area contributed by atoms with Crippen LogP contribution in [0.15, 0.2) is 97.1 Å². The van der Waals surface area contributed by atoms with Crippen molar-refractivity contribution in [2.75, 3.05) is 0 Å². The highest BCUT2D eigenvalue weighted by Gasteiger charge is 2.16. The molecule has 0 unspecified atom stereocenters. The Morgan fingerprint density at radius 2 is 0.789 bits per heavy atom. The van der Waals surface area contributed by atoms with Crippen LogP contribution in [0.5, 0.6) is 17.2 Å². The van der Waals surface area contributed by atoms with Crippen molar-refractivity contribution in [1.29, 1.82) is 0 Å². The second-order valence-electron chi connectivity index (χ2n) is 11.4. The highest BCUT2D eigenvalue weighted by atomic mass is 16.5. The molecule has 0 fully saturated rings. The first kappa shape index (κ1) is 26.9. The molecular formula is C34H34O4. The Morgan fingerprint density at radius 1 is 0.474 bits per heavy atom. The van der Waals surface area contributed by atoms with Crippen LogP contribution < -0.4 is 9.47 Å².